The van der Waals surface area contributed by atoms with Crippen LogP contribution in [0.3, 0.4) is 0 Å². The monoisotopic (exact) mass is 413 g/mol. The van der Waals surface area contributed by atoms with Crippen molar-refractivity contribution in [2.24, 2.45) is 5.92 Å². The lowest BCUT2D eigenvalue weighted by atomic mass is 9.96. The maximum atomic E-state index is 12.8. The molecule has 1 aromatic carbocycles. The number of carbonyl (C=O) groups is 1. The van der Waals surface area contributed by atoms with Gasteiger partial charge in [0.25, 0.3) is 5.91 Å². The third-order valence-electron chi connectivity index (χ3n) is 5.44. The maximum absolute atomic E-state index is 12.8. The van der Waals surface area contributed by atoms with Crippen molar-refractivity contribution in [2.45, 2.75) is 58.7 Å². The minimum atomic E-state index is -0.197. The maximum Gasteiger partial charge on any atom is 0.272 e. The number of aromatic nitrogens is 2. The predicted octanol–water partition coefficient (Wildman–Crippen LogP) is 3.00. The Bertz CT molecular complexity index is 893. The van der Waals surface area contributed by atoms with E-state index in [9.17, 15) is 4.79 Å². The molecule has 2 aliphatic rings. The number of hydrogen-bond donors (Lipinski definition) is 1. The molecule has 0 radical (unpaired) electrons. The van der Waals surface area contributed by atoms with Gasteiger partial charge >= 0.3 is 0 Å². The van der Waals surface area contributed by atoms with E-state index in [1.807, 2.05) is 13.0 Å². The molecule has 0 aliphatic carbocycles. The van der Waals surface area contributed by atoms with Gasteiger partial charge in [-0.3, -0.25) is 4.79 Å². The molecule has 0 bridgehead atoms. The molecule has 7 nitrogen and oxygen atoms in total. The number of ether oxygens (including phenoxy) is 3. The zero-order chi connectivity index (χ0) is 21.1. The van der Waals surface area contributed by atoms with Crippen molar-refractivity contribution in [1.29, 1.82) is 0 Å². The average Bonchev–Trinajstić information content (AvgIpc) is 3.15. The third-order valence-corrected chi connectivity index (χ3v) is 5.44. The summed E-state index contributed by atoms with van der Waals surface area (Å²) in [5, 5.41) is 7.49. The number of nitrogens with one attached hydrogen (secondary N) is 1. The van der Waals surface area contributed by atoms with Gasteiger partial charge in [-0.1, -0.05) is 26.0 Å². The summed E-state index contributed by atoms with van der Waals surface area (Å²) in [5.74, 6) is 1.95. The van der Waals surface area contributed by atoms with Crippen molar-refractivity contribution in [3.63, 3.8) is 0 Å². The van der Waals surface area contributed by atoms with E-state index in [0.29, 0.717) is 37.3 Å². The quantitative estimate of drug-likeness (QED) is 0.755. The van der Waals surface area contributed by atoms with E-state index in [0.717, 1.165) is 37.1 Å². The van der Waals surface area contributed by atoms with Crippen LogP contribution in [0.4, 0.5) is 0 Å². The Kier molecular flexibility index (Phi) is 6.27. The van der Waals surface area contributed by atoms with Crippen molar-refractivity contribution < 1.29 is 19.0 Å². The molecule has 0 spiro atoms. The lowest BCUT2D eigenvalue weighted by Gasteiger charge is -2.26. The smallest absolute Gasteiger partial charge is 0.272 e. The van der Waals surface area contributed by atoms with Crippen molar-refractivity contribution in [3.8, 4) is 11.6 Å². The summed E-state index contributed by atoms with van der Waals surface area (Å²) in [6.45, 7) is 8.80. The van der Waals surface area contributed by atoms with Gasteiger partial charge in [-0.2, -0.15) is 5.10 Å². The van der Waals surface area contributed by atoms with Gasteiger partial charge in [0.05, 0.1) is 12.6 Å². The van der Waals surface area contributed by atoms with Gasteiger partial charge in [0.15, 0.2) is 5.69 Å². The average molecular weight is 414 g/mol. The summed E-state index contributed by atoms with van der Waals surface area (Å²) < 4.78 is 19.0. The molecule has 2 unspecified atom stereocenters. The normalized spacial score (nSPS) is 20.1. The highest BCUT2D eigenvalue weighted by atomic mass is 16.5. The molecular weight excluding hydrogens is 382 g/mol. The van der Waals surface area contributed by atoms with Crippen LogP contribution in [0, 0.1) is 5.92 Å². The van der Waals surface area contributed by atoms with Gasteiger partial charge in [0, 0.05) is 25.6 Å². The molecule has 2 aromatic rings. The zero-order valence-corrected chi connectivity index (χ0v) is 18.0. The number of amides is 1. The van der Waals surface area contributed by atoms with Gasteiger partial charge in [0.2, 0.25) is 5.88 Å². The summed E-state index contributed by atoms with van der Waals surface area (Å²) in [6, 6.07) is 8.02. The minimum absolute atomic E-state index is 0.00772. The Morgan fingerprint density at radius 1 is 1.37 bits per heavy atom. The molecule has 30 heavy (non-hydrogen) atoms. The highest BCUT2D eigenvalue weighted by Gasteiger charge is 2.26. The molecular formula is C23H31N3O4. The number of fused-ring (bicyclic) bond motifs is 2. The van der Waals surface area contributed by atoms with E-state index in [-0.39, 0.29) is 18.1 Å². The molecule has 0 saturated carbocycles. The van der Waals surface area contributed by atoms with Gasteiger partial charge in [-0.05, 0) is 42.9 Å². The first kappa shape index (κ1) is 20.7. The highest BCUT2D eigenvalue weighted by molar-refractivity contribution is 5.92. The van der Waals surface area contributed by atoms with Crippen molar-refractivity contribution >= 4 is 5.91 Å². The second kappa shape index (κ2) is 9.08. The molecule has 1 amide bonds. The van der Waals surface area contributed by atoms with Crippen molar-refractivity contribution in [2.75, 3.05) is 19.8 Å². The first-order valence-corrected chi connectivity index (χ1v) is 10.9. The standard InChI is InChI=1S/C23H31N3O4/c1-4-28-14-19-7-8-26-22(30-19)12-20(25-26)23(27)24-18-11-17-10-16(9-15(2)3)5-6-21(17)29-13-18/h5-6,10,12,15,18-19H,4,7-9,11,13-14H2,1-3H3,(H,24,27). The molecule has 1 aromatic heterocycles. The Balaban J connectivity index is 1.38. The van der Waals surface area contributed by atoms with Crippen LogP contribution in [0.1, 0.15) is 48.8 Å². The Labute approximate surface area is 177 Å². The van der Waals surface area contributed by atoms with Crippen LogP contribution in [0.15, 0.2) is 24.3 Å². The van der Waals surface area contributed by atoms with Crippen LogP contribution < -0.4 is 14.8 Å². The van der Waals surface area contributed by atoms with Gasteiger partial charge < -0.3 is 19.5 Å². The summed E-state index contributed by atoms with van der Waals surface area (Å²) in [4.78, 5) is 12.8. The fourth-order valence-corrected chi connectivity index (χ4v) is 4.03. The second-order valence-corrected chi connectivity index (χ2v) is 8.50. The van der Waals surface area contributed by atoms with Crippen molar-refractivity contribution in [3.05, 3.63) is 41.1 Å². The Morgan fingerprint density at radius 3 is 3.03 bits per heavy atom. The SMILES string of the molecule is CCOCC1CCn2nc(C(=O)NC3COc4ccc(CC(C)C)cc4C3)cc2O1. The first-order valence-electron chi connectivity index (χ1n) is 10.9. The van der Waals surface area contributed by atoms with Gasteiger partial charge in [0.1, 0.15) is 18.5 Å². The molecule has 1 N–H and O–H groups in total. The number of aryl methyl sites for hydroxylation is 1. The summed E-state index contributed by atoms with van der Waals surface area (Å²) in [5.41, 5.74) is 2.83. The number of carbonyl (C=O) groups excluding carboxylic acids is 1. The van der Waals surface area contributed by atoms with Crippen molar-refractivity contribution in [1.82, 2.24) is 15.1 Å². The highest BCUT2D eigenvalue weighted by Crippen LogP contribution is 2.27. The molecule has 2 aliphatic heterocycles. The summed E-state index contributed by atoms with van der Waals surface area (Å²) in [6.07, 6.45) is 2.62. The third kappa shape index (κ3) is 4.78. The molecule has 0 fully saturated rings. The molecule has 162 valence electrons. The molecule has 4 rings (SSSR count). The summed E-state index contributed by atoms with van der Waals surface area (Å²) in [7, 11) is 0. The van der Waals surface area contributed by atoms with Crippen LogP contribution in [0.2, 0.25) is 0 Å². The Morgan fingerprint density at radius 2 is 2.23 bits per heavy atom. The number of nitrogens with zero attached hydrogens (tertiary/aromatic N) is 2. The van der Waals surface area contributed by atoms with E-state index in [2.05, 4.69) is 36.4 Å². The number of hydrogen-bond acceptors (Lipinski definition) is 5. The van der Waals surface area contributed by atoms with E-state index in [1.54, 1.807) is 10.7 Å². The Hall–Kier alpha value is -2.54. The van der Waals surface area contributed by atoms with Crippen LogP contribution in [0.25, 0.3) is 0 Å². The predicted molar refractivity (Wildman–Crippen MR) is 113 cm³/mol. The zero-order valence-electron chi connectivity index (χ0n) is 18.0. The second-order valence-electron chi connectivity index (χ2n) is 8.50. The molecule has 2 atom stereocenters. The minimum Gasteiger partial charge on any atom is -0.491 e. The molecule has 3 heterocycles. The van der Waals surface area contributed by atoms with E-state index >= 15 is 0 Å². The molecule has 0 saturated heterocycles. The number of benzene rings is 1. The topological polar surface area (TPSA) is 74.6 Å². The van der Waals surface area contributed by atoms with E-state index < -0.39 is 0 Å². The number of rotatable bonds is 7. The van der Waals surface area contributed by atoms with Crippen LogP contribution in [-0.4, -0.2) is 47.7 Å². The van der Waals surface area contributed by atoms with E-state index in [4.69, 9.17) is 14.2 Å². The molecule has 7 heteroatoms. The van der Waals surface area contributed by atoms with Gasteiger partial charge in [-0.25, -0.2) is 4.68 Å². The van der Waals surface area contributed by atoms with Crippen LogP contribution in [-0.2, 0) is 24.1 Å². The van der Waals surface area contributed by atoms with Gasteiger partial charge in [-0.15, -0.1) is 0 Å². The van der Waals surface area contributed by atoms with E-state index in [1.165, 1.54) is 5.56 Å². The first-order chi connectivity index (χ1) is 14.5. The largest absolute Gasteiger partial charge is 0.491 e. The fraction of sp³-hybridized carbons (Fsp3) is 0.565. The van der Waals surface area contributed by atoms with Crippen LogP contribution in [0.5, 0.6) is 11.6 Å². The van der Waals surface area contributed by atoms with Crippen LogP contribution >= 0.6 is 0 Å². The fourth-order valence-electron chi connectivity index (χ4n) is 4.03. The summed E-state index contributed by atoms with van der Waals surface area (Å²) >= 11 is 0. The lowest BCUT2D eigenvalue weighted by Crippen LogP contribution is -2.43. The lowest BCUT2D eigenvalue weighted by molar-refractivity contribution is 0.0309.